The number of benzene rings is 1. The predicted octanol–water partition coefficient (Wildman–Crippen LogP) is 3.06. The predicted molar refractivity (Wildman–Crippen MR) is 79.4 cm³/mol. The third kappa shape index (κ3) is 3.93. The number of likely N-dealkylation sites (tertiary alicyclic amines) is 1. The van der Waals surface area contributed by atoms with E-state index in [-0.39, 0.29) is 11.8 Å². The summed E-state index contributed by atoms with van der Waals surface area (Å²) in [5.41, 5.74) is 0.766. The summed E-state index contributed by atoms with van der Waals surface area (Å²) in [6.45, 7) is 7.68. The highest BCUT2D eigenvalue weighted by atomic mass is 19.1. The van der Waals surface area contributed by atoms with Crippen molar-refractivity contribution in [1.29, 1.82) is 0 Å². The molecule has 1 saturated heterocycles. The van der Waals surface area contributed by atoms with Crippen molar-refractivity contribution in [1.82, 2.24) is 10.2 Å². The van der Waals surface area contributed by atoms with Crippen LogP contribution in [-0.2, 0) is 0 Å². The van der Waals surface area contributed by atoms with Crippen molar-refractivity contribution in [3.05, 3.63) is 29.6 Å². The van der Waals surface area contributed by atoms with Crippen LogP contribution in [-0.4, -0.2) is 35.7 Å². The Labute approximate surface area is 120 Å². The first-order valence-corrected chi connectivity index (χ1v) is 7.57. The number of nitrogens with zero attached hydrogens (tertiary/aromatic N) is 1. The minimum Gasteiger partial charge on any atom is -0.508 e. The highest BCUT2D eigenvalue weighted by Crippen LogP contribution is 2.26. The van der Waals surface area contributed by atoms with Crippen molar-refractivity contribution in [3.63, 3.8) is 0 Å². The van der Waals surface area contributed by atoms with Gasteiger partial charge in [-0.25, -0.2) is 4.39 Å². The minimum absolute atomic E-state index is 0.0356. The number of rotatable bonds is 5. The molecule has 1 aliphatic rings. The lowest BCUT2D eigenvalue weighted by Gasteiger charge is -2.34. The summed E-state index contributed by atoms with van der Waals surface area (Å²) in [7, 11) is 0. The molecular weight excluding hydrogens is 255 g/mol. The molecule has 2 N–H and O–H groups in total. The van der Waals surface area contributed by atoms with Gasteiger partial charge in [0.25, 0.3) is 0 Å². The van der Waals surface area contributed by atoms with Gasteiger partial charge in [0.1, 0.15) is 11.6 Å². The van der Waals surface area contributed by atoms with Crippen LogP contribution in [0.15, 0.2) is 18.2 Å². The highest BCUT2D eigenvalue weighted by Gasteiger charge is 2.21. The number of piperidine rings is 1. The fourth-order valence-electron chi connectivity index (χ4n) is 2.97. The van der Waals surface area contributed by atoms with Crippen LogP contribution in [0.2, 0.25) is 0 Å². The maximum absolute atomic E-state index is 13.0. The van der Waals surface area contributed by atoms with Crippen molar-refractivity contribution in [3.8, 4) is 5.75 Å². The van der Waals surface area contributed by atoms with E-state index < -0.39 is 5.82 Å². The third-order valence-electron chi connectivity index (χ3n) is 4.07. The van der Waals surface area contributed by atoms with E-state index in [0.717, 1.165) is 31.5 Å². The molecule has 0 amide bonds. The topological polar surface area (TPSA) is 35.5 Å². The second kappa shape index (κ2) is 7.04. The molecule has 3 nitrogen and oxygen atoms in total. The molecule has 1 aromatic carbocycles. The molecule has 1 heterocycles. The van der Waals surface area contributed by atoms with Gasteiger partial charge in [-0.2, -0.15) is 0 Å². The monoisotopic (exact) mass is 280 g/mol. The maximum atomic E-state index is 13.0. The van der Waals surface area contributed by atoms with E-state index in [1.807, 2.05) is 6.92 Å². The molecule has 0 spiro atoms. The Kier molecular flexibility index (Phi) is 5.38. The van der Waals surface area contributed by atoms with Crippen LogP contribution in [0.25, 0.3) is 0 Å². The molecule has 0 bridgehead atoms. The molecule has 112 valence electrons. The molecule has 1 aliphatic heterocycles. The lowest BCUT2D eigenvalue weighted by molar-refractivity contribution is 0.192. The highest BCUT2D eigenvalue weighted by molar-refractivity contribution is 5.34. The van der Waals surface area contributed by atoms with E-state index in [2.05, 4.69) is 17.1 Å². The summed E-state index contributed by atoms with van der Waals surface area (Å²) in [6, 6.07) is 4.75. The van der Waals surface area contributed by atoms with E-state index in [0.29, 0.717) is 6.04 Å². The van der Waals surface area contributed by atoms with E-state index in [4.69, 9.17) is 0 Å². The summed E-state index contributed by atoms with van der Waals surface area (Å²) in [5, 5.41) is 13.4. The molecular formula is C16H25FN2O. The normalized spacial score (nSPS) is 19.1. The van der Waals surface area contributed by atoms with Crippen molar-refractivity contribution in [2.45, 2.75) is 45.2 Å². The molecule has 0 radical (unpaired) electrons. The van der Waals surface area contributed by atoms with Crippen LogP contribution in [0.1, 0.15) is 44.7 Å². The standard InChI is InChI=1S/C16H25FN2O/c1-3-8-19-9-6-14(7-10-19)18-12(2)15-5-4-13(17)11-16(15)20/h4-5,11-12,14,18,20H,3,6-10H2,1-2H3. The molecule has 0 aliphatic carbocycles. The van der Waals surface area contributed by atoms with Gasteiger partial charge < -0.3 is 15.3 Å². The van der Waals surface area contributed by atoms with Gasteiger partial charge in [-0.3, -0.25) is 0 Å². The van der Waals surface area contributed by atoms with Crippen LogP contribution >= 0.6 is 0 Å². The Hall–Kier alpha value is -1.13. The summed E-state index contributed by atoms with van der Waals surface area (Å²) < 4.78 is 13.0. The zero-order valence-corrected chi connectivity index (χ0v) is 12.4. The number of halogens is 1. The van der Waals surface area contributed by atoms with Gasteiger partial charge in [0.15, 0.2) is 0 Å². The summed E-state index contributed by atoms with van der Waals surface area (Å²) in [5.74, 6) is -0.361. The second-order valence-electron chi connectivity index (χ2n) is 5.71. The van der Waals surface area contributed by atoms with Crippen molar-refractivity contribution in [2.24, 2.45) is 0 Å². The van der Waals surface area contributed by atoms with Gasteiger partial charge in [0.2, 0.25) is 0 Å². The molecule has 1 atom stereocenters. The van der Waals surface area contributed by atoms with Gasteiger partial charge in [-0.15, -0.1) is 0 Å². The Morgan fingerprint density at radius 3 is 2.70 bits per heavy atom. The third-order valence-corrected chi connectivity index (χ3v) is 4.07. The van der Waals surface area contributed by atoms with Crippen LogP contribution in [0.4, 0.5) is 4.39 Å². The second-order valence-corrected chi connectivity index (χ2v) is 5.71. The van der Waals surface area contributed by atoms with Gasteiger partial charge in [0.05, 0.1) is 0 Å². The molecule has 1 unspecified atom stereocenters. The molecule has 1 fully saturated rings. The van der Waals surface area contributed by atoms with Crippen LogP contribution in [0.5, 0.6) is 5.75 Å². The van der Waals surface area contributed by atoms with Crippen LogP contribution in [0, 0.1) is 5.82 Å². The van der Waals surface area contributed by atoms with Crippen LogP contribution < -0.4 is 5.32 Å². The van der Waals surface area contributed by atoms with Gasteiger partial charge >= 0.3 is 0 Å². The summed E-state index contributed by atoms with van der Waals surface area (Å²) in [4.78, 5) is 2.50. The average Bonchev–Trinajstić information content (AvgIpc) is 2.41. The first-order chi connectivity index (χ1) is 9.60. The Balaban J connectivity index is 1.87. The number of nitrogens with one attached hydrogen (secondary N) is 1. The van der Waals surface area contributed by atoms with Crippen molar-refractivity contribution in [2.75, 3.05) is 19.6 Å². The number of hydrogen-bond acceptors (Lipinski definition) is 3. The SMILES string of the molecule is CCCN1CCC(NC(C)c2ccc(F)cc2O)CC1. The van der Waals surface area contributed by atoms with E-state index >= 15 is 0 Å². The van der Waals surface area contributed by atoms with Gasteiger partial charge in [-0.1, -0.05) is 13.0 Å². The Morgan fingerprint density at radius 2 is 2.10 bits per heavy atom. The molecule has 0 saturated carbocycles. The minimum atomic E-state index is -0.397. The lowest BCUT2D eigenvalue weighted by atomic mass is 10.0. The smallest absolute Gasteiger partial charge is 0.126 e. The fourth-order valence-corrected chi connectivity index (χ4v) is 2.97. The number of hydrogen-bond donors (Lipinski definition) is 2. The fraction of sp³-hybridized carbons (Fsp3) is 0.625. The molecule has 2 rings (SSSR count). The van der Waals surface area contributed by atoms with Gasteiger partial charge in [0, 0.05) is 23.7 Å². The first-order valence-electron chi connectivity index (χ1n) is 7.57. The van der Waals surface area contributed by atoms with Crippen LogP contribution in [0.3, 0.4) is 0 Å². The zero-order valence-electron chi connectivity index (χ0n) is 12.4. The summed E-state index contributed by atoms with van der Waals surface area (Å²) >= 11 is 0. The Morgan fingerprint density at radius 1 is 1.40 bits per heavy atom. The largest absolute Gasteiger partial charge is 0.508 e. The number of aromatic hydroxyl groups is 1. The first kappa shape index (κ1) is 15.3. The molecule has 1 aromatic rings. The number of phenols is 1. The van der Waals surface area contributed by atoms with Crippen molar-refractivity contribution >= 4 is 0 Å². The van der Waals surface area contributed by atoms with Crippen molar-refractivity contribution < 1.29 is 9.50 Å². The summed E-state index contributed by atoms with van der Waals surface area (Å²) in [6.07, 6.45) is 3.47. The zero-order chi connectivity index (χ0) is 14.5. The number of phenolic OH excluding ortho intramolecular Hbond substituents is 1. The maximum Gasteiger partial charge on any atom is 0.126 e. The molecule has 0 aromatic heterocycles. The van der Waals surface area contributed by atoms with E-state index in [1.54, 1.807) is 6.07 Å². The average molecular weight is 280 g/mol. The Bertz CT molecular complexity index is 430. The van der Waals surface area contributed by atoms with Gasteiger partial charge in [-0.05, 0) is 51.9 Å². The molecule has 20 heavy (non-hydrogen) atoms. The van der Waals surface area contributed by atoms with E-state index in [9.17, 15) is 9.50 Å². The lowest BCUT2D eigenvalue weighted by Crippen LogP contribution is -2.43. The van der Waals surface area contributed by atoms with E-state index in [1.165, 1.54) is 25.1 Å². The molecule has 4 heteroatoms. The quantitative estimate of drug-likeness (QED) is 0.870.